The summed E-state index contributed by atoms with van der Waals surface area (Å²) >= 11 is 6.59. The van der Waals surface area contributed by atoms with Gasteiger partial charge in [-0.3, -0.25) is 0 Å². The zero-order valence-electron chi connectivity index (χ0n) is 17.8. The molecule has 1 aliphatic carbocycles. The summed E-state index contributed by atoms with van der Waals surface area (Å²) < 4.78 is 6.39. The minimum absolute atomic E-state index is 0.163. The van der Waals surface area contributed by atoms with Crippen LogP contribution in [0.2, 0.25) is 5.02 Å². The molecule has 1 unspecified atom stereocenters. The predicted molar refractivity (Wildman–Crippen MR) is 121 cm³/mol. The highest BCUT2D eigenvalue weighted by molar-refractivity contribution is 6.34. The van der Waals surface area contributed by atoms with Crippen LogP contribution in [0.25, 0.3) is 5.65 Å². The van der Waals surface area contributed by atoms with E-state index in [1.165, 1.54) is 10.7 Å². The molecule has 1 aromatic carbocycles. The second-order valence-corrected chi connectivity index (χ2v) is 7.95. The summed E-state index contributed by atoms with van der Waals surface area (Å²) in [5.74, 6) is 0.655. The molecule has 1 saturated carbocycles. The number of hydrogen-bond donors (Lipinski definition) is 4. The van der Waals surface area contributed by atoms with E-state index < -0.39 is 6.10 Å². The first kappa shape index (κ1) is 22.7. The minimum Gasteiger partial charge on any atom is -0.387 e. The molecule has 0 spiro atoms. The summed E-state index contributed by atoms with van der Waals surface area (Å²) in [6.07, 6.45) is 2.54. The number of nitrogens with one attached hydrogen (secondary N) is 3. The number of benzene rings is 1. The fourth-order valence-electron chi connectivity index (χ4n) is 3.22. The van der Waals surface area contributed by atoms with Gasteiger partial charge < -0.3 is 25.8 Å². The van der Waals surface area contributed by atoms with Crippen molar-refractivity contribution in [2.24, 2.45) is 0 Å². The molecule has 11 nitrogen and oxygen atoms in total. The van der Waals surface area contributed by atoms with E-state index in [-0.39, 0.29) is 23.2 Å². The zero-order chi connectivity index (χ0) is 23.4. The summed E-state index contributed by atoms with van der Waals surface area (Å²) in [7, 11) is 1.59. The van der Waals surface area contributed by atoms with E-state index in [4.69, 9.17) is 16.3 Å². The number of aromatic nitrogens is 4. The lowest BCUT2D eigenvalue weighted by atomic mass is 10.0. The number of halogens is 1. The van der Waals surface area contributed by atoms with Gasteiger partial charge in [-0.2, -0.15) is 20.0 Å². The average molecular weight is 468 g/mol. The van der Waals surface area contributed by atoms with E-state index in [9.17, 15) is 15.6 Å². The third-order valence-corrected chi connectivity index (χ3v) is 5.47. The molecule has 2 heterocycles. The van der Waals surface area contributed by atoms with E-state index in [0.29, 0.717) is 47.5 Å². The SMILES string of the molecule is COCCNCC(O)c1cc(C#N)cc(Nc2nc(NC3CC3)c3ncc(C#N)n3n2)c1Cl. The predicted octanol–water partition coefficient (Wildman–Crippen LogP) is 2.11. The fraction of sp³-hybridized carbons (Fsp3) is 0.381. The minimum atomic E-state index is -0.947. The monoisotopic (exact) mass is 467 g/mol. The van der Waals surface area contributed by atoms with Crippen molar-refractivity contribution in [1.82, 2.24) is 24.9 Å². The maximum absolute atomic E-state index is 10.6. The molecule has 4 N–H and O–H groups in total. The number of aliphatic hydroxyl groups excluding tert-OH is 1. The summed E-state index contributed by atoms with van der Waals surface area (Å²) in [6.45, 7) is 1.29. The Morgan fingerprint density at radius 2 is 2.15 bits per heavy atom. The molecule has 0 saturated heterocycles. The molecule has 0 bridgehead atoms. The van der Waals surface area contributed by atoms with Crippen LogP contribution in [0, 0.1) is 22.7 Å². The van der Waals surface area contributed by atoms with Crippen molar-refractivity contribution in [1.29, 1.82) is 10.5 Å². The van der Waals surface area contributed by atoms with Crippen molar-refractivity contribution in [2.45, 2.75) is 25.0 Å². The van der Waals surface area contributed by atoms with Crippen LogP contribution in [0.15, 0.2) is 18.3 Å². The quantitative estimate of drug-likeness (QED) is 0.325. The number of fused-ring (bicyclic) bond motifs is 1. The standard InChI is InChI=1S/C21H22ClN9O2/c1-33-5-4-25-11-17(32)15-6-12(8-23)7-16(18(15)22)28-21-29-19(27-13-2-3-13)20-26-10-14(9-24)31(20)30-21/h6-7,10,13,17,25,32H,2-5,11H2,1H3,(H2,27,28,29,30). The first-order valence-corrected chi connectivity index (χ1v) is 10.7. The first-order valence-electron chi connectivity index (χ1n) is 10.3. The Kier molecular flexibility index (Phi) is 6.87. The second-order valence-electron chi connectivity index (χ2n) is 7.57. The molecule has 1 aliphatic rings. The van der Waals surface area contributed by atoms with E-state index in [2.05, 4.69) is 43.2 Å². The number of aliphatic hydroxyl groups is 1. The highest BCUT2D eigenvalue weighted by atomic mass is 35.5. The van der Waals surface area contributed by atoms with Gasteiger partial charge >= 0.3 is 0 Å². The third-order valence-electron chi connectivity index (χ3n) is 5.05. The molecule has 0 amide bonds. The lowest BCUT2D eigenvalue weighted by molar-refractivity contribution is 0.161. The van der Waals surface area contributed by atoms with Crippen LogP contribution < -0.4 is 16.0 Å². The normalized spacial score (nSPS) is 14.0. The van der Waals surface area contributed by atoms with Gasteiger partial charge in [-0.05, 0) is 25.0 Å². The van der Waals surface area contributed by atoms with E-state index in [1.54, 1.807) is 19.2 Å². The van der Waals surface area contributed by atoms with Crippen LogP contribution in [0.1, 0.15) is 35.8 Å². The van der Waals surface area contributed by atoms with Crippen molar-refractivity contribution in [3.63, 3.8) is 0 Å². The van der Waals surface area contributed by atoms with Crippen LogP contribution in [-0.2, 0) is 4.74 Å². The fourth-order valence-corrected chi connectivity index (χ4v) is 3.50. The maximum atomic E-state index is 10.6. The average Bonchev–Trinajstić information content (AvgIpc) is 3.53. The smallest absolute Gasteiger partial charge is 0.247 e. The van der Waals surface area contributed by atoms with Crippen molar-refractivity contribution in [3.05, 3.63) is 40.2 Å². The molecule has 0 aliphatic heterocycles. The van der Waals surface area contributed by atoms with Crippen molar-refractivity contribution in [3.8, 4) is 12.1 Å². The van der Waals surface area contributed by atoms with Crippen molar-refractivity contribution >= 4 is 34.7 Å². The molecule has 12 heteroatoms. The van der Waals surface area contributed by atoms with Gasteiger partial charge in [-0.15, -0.1) is 5.10 Å². The summed E-state index contributed by atoms with van der Waals surface area (Å²) in [5, 5.41) is 43.5. The molecule has 2 aromatic heterocycles. The highest BCUT2D eigenvalue weighted by Crippen LogP contribution is 2.34. The van der Waals surface area contributed by atoms with E-state index >= 15 is 0 Å². The van der Waals surface area contributed by atoms with Gasteiger partial charge in [0.25, 0.3) is 0 Å². The molecule has 33 heavy (non-hydrogen) atoms. The van der Waals surface area contributed by atoms with Crippen LogP contribution in [0.5, 0.6) is 0 Å². The molecule has 4 rings (SSSR count). The maximum Gasteiger partial charge on any atom is 0.247 e. The second kappa shape index (κ2) is 9.98. The number of methoxy groups -OCH3 is 1. The lowest BCUT2D eigenvalue weighted by Crippen LogP contribution is -2.25. The Bertz CT molecular complexity index is 1240. The van der Waals surface area contributed by atoms with Gasteiger partial charge in [0.15, 0.2) is 17.2 Å². The number of nitriles is 2. The summed E-state index contributed by atoms with van der Waals surface area (Å²) in [4.78, 5) is 8.76. The lowest BCUT2D eigenvalue weighted by Gasteiger charge is -2.17. The van der Waals surface area contributed by atoms with Crippen LogP contribution in [-0.4, -0.2) is 57.5 Å². The third kappa shape index (κ3) is 5.13. The van der Waals surface area contributed by atoms with Crippen LogP contribution >= 0.6 is 11.6 Å². The van der Waals surface area contributed by atoms with Crippen LogP contribution in [0.4, 0.5) is 17.5 Å². The Labute approximate surface area is 195 Å². The number of imidazole rings is 1. The molecule has 3 aromatic rings. The topological polar surface area (TPSA) is 156 Å². The molecule has 0 radical (unpaired) electrons. The molecule has 1 fully saturated rings. The zero-order valence-corrected chi connectivity index (χ0v) is 18.6. The number of ether oxygens (including phenoxy) is 1. The van der Waals surface area contributed by atoms with Crippen molar-refractivity contribution < 1.29 is 9.84 Å². The number of hydrogen-bond acceptors (Lipinski definition) is 10. The molecule has 170 valence electrons. The Balaban J connectivity index is 1.67. The van der Waals surface area contributed by atoms with Gasteiger partial charge in [-0.1, -0.05) is 11.6 Å². The van der Waals surface area contributed by atoms with Crippen LogP contribution in [0.3, 0.4) is 0 Å². The number of nitrogens with zero attached hydrogens (tertiary/aromatic N) is 6. The Hall–Kier alpha value is -3.48. The van der Waals surface area contributed by atoms with E-state index in [0.717, 1.165) is 12.8 Å². The Morgan fingerprint density at radius 1 is 1.33 bits per heavy atom. The van der Waals surface area contributed by atoms with Gasteiger partial charge in [-0.25, -0.2) is 4.98 Å². The first-order chi connectivity index (χ1) is 16.0. The molecular formula is C21H22ClN9O2. The summed E-state index contributed by atoms with van der Waals surface area (Å²) in [6, 6.07) is 7.54. The summed E-state index contributed by atoms with van der Waals surface area (Å²) in [5.41, 5.74) is 1.76. The van der Waals surface area contributed by atoms with Gasteiger partial charge in [0.05, 0.1) is 41.3 Å². The largest absolute Gasteiger partial charge is 0.387 e. The number of anilines is 3. The van der Waals surface area contributed by atoms with Gasteiger partial charge in [0.1, 0.15) is 6.07 Å². The van der Waals surface area contributed by atoms with Crippen molar-refractivity contribution in [2.75, 3.05) is 37.4 Å². The molecule has 1 atom stereocenters. The number of rotatable bonds is 10. The highest BCUT2D eigenvalue weighted by Gasteiger charge is 2.24. The molecular weight excluding hydrogens is 446 g/mol. The van der Waals surface area contributed by atoms with Gasteiger partial charge in [0, 0.05) is 31.8 Å². The Morgan fingerprint density at radius 3 is 2.85 bits per heavy atom. The van der Waals surface area contributed by atoms with E-state index in [1.807, 2.05) is 0 Å². The van der Waals surface area contributed by atoms with Gasteiger partial charge in [0.2, 0.25) is 5.95 Å².